The molecule has 5 heteroatoms. The largest absolute Gasteiger partial charge is 0.396 e. The minimum Gasteiger partial charge on any atom is -0.294 e. The molecule has 1 nitrogen and oxygen atoms in total. The van der Waals surface area contributed by atoms with Gasteiger partial charge in [-0.15, -0.1) is 0 Å². The van der Waals surface area contributed by atoms with Gasteiger partial charge >= 0.3 is 6.18 Å². The lowest BCUT2D eigenvalue weighted by Crippen LogP contribution is -2.19. The minimum absolute atomic E-state index is 0.0787. The third-order valence-corrected chi connectivity index (χ3v) is 3.18. The van der Waals surface area contributed by atoms with E-state index in [1.54, 1.807) is 6.07 Å². The van der Waals surface area contributed by atoms with Gasteiger partial charge in [-0.25, -0.2) is 0 Å². The molecule has 0 saturated heterocycles. The van der Waals surface area contributed by atoms with Gasteiger partial charge in [0.05, 0.1) is 5.92 Å². The number of ketones is 1. The maximum absolute atomic E-state index is 12.6. The molecular weight excluding hydrogens is 273 g/mol. The third-order valence-electron chi connectivity index (χ3n) is 2.49. The van der Waals surface area contributed by atoms with E-state index in [1.807, 2.05) is 0 Å². The summed E-state index contributed by atoms with van der Waals surface area (Å²) >= 11 is 3.06. The van der Waals surface area contributed by atoms with E-state index in [9.17, 15) is 18.0 Å². The molecule has 1 aliphatic rings. The number of benzene rings is 1. The van der Waals surface area contributed by atoms with E-state index in [-0.39, 0.29) is 11.1 Å². The molecule has 2 rings (SSSR count). The molecule has 0 bridgehead atoms. The Morgan fingerprint density at radius 1 is 1.33 bits per heavy atom. The van der Waals surface area contributed by atoms with Crippen LogP contribution in [0.1, 0.15) is 28.3 Å². The molecule has 1 aromatic carbocycles. The smallest absolute Gasteiger partial charge is 0.294 e. The molecule has 80 valence electrons. The van der Waals surface area contributed by atoms with Crippen LogP contribution in [0, 0.1) is 0 Å². The summed E-state index contributed by atoms with van der Waals surface area (Å²) in [5, 5.41) is 0. The average molecular weight is 279 g/mol. The summed E-state index contributed by atoms with van der Waals surface area (Å²) in [6.45, 7) is 0. The standard InChI is InChI=1S/C10H6BrF3O/c11-7-3-1-2-5-8(15)4-6(9(5)7)10(12,13)14/h1-3,6H,4H2. The van der Waals surface area contributed by atoms with E-state index in [0.717, 1.165) is 0 Å². The van der Waals surface area contributed by atoms with Gasteiger partial charge in [0.1, 0.15) is 0 Å². The van der Waals surface area contributed by atoms with Crippen molar-refractivity contribution in [2.75, 3.05) is 0 Å². The third kappa shape index (κ3) is 1.69. The molecule has 0 amide bonds. The molecule has 0 N–H and O–H groups in total. The highest BCUT2D eigenvalue weighted by Gasteiger charge is 2.48. The highest BCUT2D eigenvalue weighted by Crippen LogP contribution is 2.46. The van der Waals surface area contributed by atoms with E-state index in [1.165, 1.54) is 12.1 Å². The lowest BCUT2D eigenvalue weighted by Gasteiger charge is -2.15. The van der Waals surface area contributed by atoms with Crippen molar-refractivity contribution in [2.24, 2.45) is 0 Å². The number of rotatable bonds is 0. The van der Waals surface area contributed by atoms with E-state index in [2.05, 4.69) is 15.9 Å². The summed E-state index contributed by atoms with van der Waals surface area (Å²) in [5.41, 5.74) is 0.265. The van der Waals surface area contributed by atoms with Crippen molar-refractivity contribution < 1.29 is 18.0 Å². The zero-order valence-corrected chi connectivity index (χ0v) is 9.02. The summed E-state index contributed by atoms with van der Waals surface area (Å²) in [5.74, 6) is -2.09. The van der Waals surface area contributed by atoms with E-state index < -0.39 is 24.3 Å². The number of halogens is 4. The fourth-order valence-electron chi connectivity index (χ4n) is 1.81. The molecule has 0 heterocycles. The molecule has 0 radical (unpaired) electrons. The van der Waals surface area contributed by atoms with Crippen molar-refractivity contribution in [3.05, 3.63) is 33.8 Å². The first-order valence-corrected chi connectivity index (χ1v) is 5.09. The lowest BCUT2D eigenvalue weighted by atomic mass is 10.0. The monoisotopic (exact) mass is 278 g/mol. The number of carbonyl (C=O) groups is 1. The predicted octanol–water partition coefficient (Wildman–Crippen LogP) is 3.68. The Bertz CT molecular complexity index is 425. The number of Topliss-reactive ketones (excluding diaryl/α,β-unsaturated/α-hetero) is 1. The SMILES string of the molecule is O=C1CC(C(F)(F)F)c2c(Br)cccc21. The zero-order chi connectivity index (χ0) is 11.2. The Morgan fingerprint density at radius 2 is 2.00 bits per heavy atom. The van der Waals surface area contributed by atoms with Crippen molar-refractivity contribution in [3.8, 4) is 0 Å². The molecule has 0 spiro atoms. The molecule has 0 aliphatic heterocycles. The highest BCUT2D eigenvalue weighted by atomic mass is 79.9. The topological polar surface area (TPSA) is 17.1 Å². The maximum Gasteiger partial charge on any atom is 0.396 e. The maximum atomic E-state index is 12.6. The van der Waals surface area contributed by atoms with Crippen molar-refractivity contribution >= 4 is 21.7 Å². The Hall–Kier alpha value is -0.840. The zero-order valence-electron chi connectivity index (χ0n) is 7.44. The lowest BCUT2D eigenvalue weighted by molar-refractivity contribution is -0.148. The predicted molar refractivity (Wildman–Crippen MR) is 51.9 cm³/mol. The van der Waals surface area contributed by atoms with Gasteiger partial charge in [-0.1, -0.05) is 28.1 Å². The van der Waals surface area contributed by atoms with Crippen LogP contribution >= 0.6 is 15.9 Å². The molecule has 1 aromatic rings. The van der Waals surface area contributed by atoms with Crippen LogP contribution in [-0.2, 0) is 0 Å². The first-order chi connectivity index (χ1) is 6.91. The molecule has 1 aliphatic carbocycles. The summed E-state index contributed by atoms with van der Waals surface area (Å²) in [7, 11) is 0. The van der Waals surface area contributed by atoms with Crippen molar-refractivity contribution in [1.29, 1.82) is 0 Å². The van der Waals surface area contributed by atoms with E-state index in [0.29, 0.717) is 4.47 Å². The minimum atomic E-state index is -4.36. The van der Waals surface area contributed by atoms with E-state index >= 15 is 0 Å². The molecule has 1 unspecified atom stereocenters. The number of hydrogen-bond donors (Lipinski definition) is 0. The Balaban J connectivity index is 2.59. The van der Waals surface area contributed by atoms with Gasteiger partial charge in [0, 0.05) is 16.5 Å². The van der Waals surface area contributed by atoms with Crippen LogP contribution in [0.25, 0.3) is 0 Å². The van der Waals surface area contributed by atoms with Gasteiger partial charge in [-0.2, -0.15) is 13.2 Å². The summed E-state index contributed by atoms with van der Waals surface area (Å²) < 4.78 is 38.2. The highest BCUT2D eigenvalue weighted by molar-refractivity contribution is 9.10. The molecule has 1 atom stereocenters. The molecule has 0 fully saturated rings. The molecule has 0 saturated carbocycles. The first-order valence-electron chi connectivity index (χ1n) is 4.29. The fraction of sp³-hybridized carbons (Fsp3) is 0.300. The summed E-state index contributed by atoms with van der Waals surface area (Å²) in [6, 6.07) is 4.53. The van der Waals surface area contributed by atoms with Gasteiger partial charge < -0.3 is 0 Å². The van der Waals surface area contributed by atoms with Crippen molar-refractivity contribution in [3.63, 3.8) is 0 Å². The van der Waals surface area contributed by atoms with Gasteiger partial charge in [-0.05, 0) is 11.6 Å². The van der Waals surface area contributed by atoms with Crippen LogP contribution in [-0.4, -0.2) is 12.0 Å². The number of carbonyl (C=O) groups excluding carboxylic acids is 1. The van der Waals surface area contributed by atoms with Crippen LogP contribution in [0.15, 0.2) is 22.7 Å². The van der Waals surface area contributed by atoms with Gasteiger partial charge in [-0.3, -0.25) is 4.79 Å². The number of alkyl halides is 3. The van der Waals surface area contributed by atoms with Crippen molar-refractivity contribution in [2.45, 2.75) is 18.5 Å². The van der Waals surface area contributed by atoms with Crippen LogP contribution < -0.4 is 0 Å². The van der Waals surface area contributed by atoms with Crippen molar-refractivity contribution in [1.82, 2.24) is 0 Å². The van der Waals surface area contributed by atoms with E-state index in [4.69, 9.17) is 0 Å². The van der Waals surface area contributed by atoms with Gasteiger partial charge in [0.15, 0.2) is 5.78 Å². The van der Waals surface area contributed by atoms with Crippen LogP contribution in [0.2, 0.25) is 0 Å². The Morgan fingerprint density at radius 3 is 2.60 bits per heavy atom. The molecular formula is C10H6BrF3O. The van der Waals surface area contributed by atoms with Crippen LogP contribution in [0.3, 0.4) is 0 Å². The number of hydrogen-bond acceptors (Lipinski definition) is 1. The summed E-state index contributed by atoms with van der Waals surface area (Å²) in [4.78, 5) is 11.4. The fourth-order valence-corrected chi connectivity index (χ4v) is 2.45. The number of fused-ring (bicyclic) bond motifs is 1. The van der Waals surface area contributed by atoms with Gasteiger partial charge in [0.2, 0.25) is 0 Å². The Labute approximate surface area is 92.4 Å². The first kappa shape index (κ1) is 10.7. The Kier molecular flexibility index (Phi) is 2.37. The quantitative estimate of drug-likeness (QED) is 0.708. The second-order valence-electron chi connectivity index (χ2n) is 3.42. The summed E-state index contributed by atoms with van der Waals surface area (Å²) in [6.07, 6.45) is -4.83. The second kappa shape index (κ2) is 3.33. The average Bonchev–Trinajstić information content (AvgIpc) is 2.45. The van der Waals surface area contributed by atoms with Gasteiger partial charge in [0.25, 0.3) is 0 Å². The molecule has 0 aromatic heterocycles. The van der Waals surface area contributed by atoms with Crippen LogP contribution in [0.5, 0.6) is 0 Å². The molecule has 15 heavy (non-hydrogen) atoms. The normalized spacial score (nSPS) is 20.5. The second-order valence-corrected chi connectivity index (χ2v) is 4.28. The van der Waals surface area contributed by atoms with Crippen LogP contribution in [0.4, 0.5) is 13.2 Å².